The van der Waals surface area contributed by atoms with Gasteiger partial charge in [0.05, 0.1) is 36.2 Å². The lowest BCUT2D eigenvalue weighted by molar-refractivity contribution is -0.148. The highest BCUT2D eigenvalue weighted by Gasteiger charge is 2.44. The number of hydrogen-bond donors (Lipinski definition) is 1. The Kier molecular flexibility index (Phi) is 5.51. The number of ether oxygens (including phenoxy) is 1. The molecule has 0 saturated carbocycles. The average molecular weight is 473 g/mol. The monoisotopic (exact) mass is 472 g/mol. The van der Waals surface area contributed by atoms with Crippen molar-refractivity contribution in [3.63, 3.8) is 0 Å². The third kappa shape index (κ3) is 4.05. The van der Waals surface area contributed by atoms with E-state index in [2.05, 4.69) is 20.2 Å². The van der Waals surface area contributed by atoms with E-state index in [-0.39, 0.29) is 11.8 Å². The van der Waals surface area contributed by atoms with E-state index in [9.17, 15) is 13.4 Å². The first-order valence-corrected chi connectivity index (χ1v) is 12.3. The Labute approximate surface area is 193 Å². The van der Waals surface area contributed by atoms with Crippen molar-refractivity contribution >= 4 is 40.1 Å². The van der Waals surface area contributed by atoms with E-state index in [1.54, 1.807) is 26.0 Å². The molecule has 1 saturated heterocycles. The van der Waals surface area contributed by atoms with Gasteiger partial charge in [0.1, 0.15) is 16.5 Å². The van der Waals surface area contributed by atoms with Crippen LogP contribution in [-0.2, 0) is 26.8 Å². The van der Waals surface area contributed by atoms with E-state index in [1.165, 1.54) is 12.1 Å². The zero-order valence-corrected chi connectivity index (χ0v) is 19.3. The SMILES string of the molecule is CCOC(=O)C1(C)CN2CCN(c3nc4c(c(Nc5cccc(F)c5)n3)S(=O)CC4)CC2=N1. The van der Waals surface area contributed by atoms with E-state index in [4.69, 9.17) is 9.72 Å². The second kappa shape index (κ2) is 8.36. The summed E-state index contributed by atoms with van der Waals surface area (Å²) in [6.07, 6.45) is 0.594. The van der Waals surface area contributed by atoms with Crippen molar-refractivity contribution in [3.8, 4) is 0 Å². The Balaban J connectivity index is 1.44. The average Bonchev–Trinajstić information content (AvgIpc) is 3.33. The molecule has 0 aliphatic carbocycles. The number of aryl methyl sites for hydroxylation is 1. The van der Waals surface area contributed by atoms with Crippen LogP contribution >= 0.6 is 0 Å². The zero-order valence-electron chi connectivity index (χ0n) is 18.5. The van der Waals surface area contributed by atoms with Crippen molar-refractivity contribution in [1.82, 2.24) is 14.9 Å². The predicted molar refractivity (Wildman–Crippen MR) is 123 cm³/mol. The quantitative estimate of drug-likeness (QED) is 0.659. The van der Waals surface area contributed by atoms with Crippen molar-refractivity contribution in [2.75, 3.05) is 48.8 Å². The lowest BCUT2D eigenvalue weighted by Gasteiger charge is -2.34. The van der Waals surface area contributed by atoms with Crippen molar-refractivity contribution in [3.05, 3.63) is 35.8 Å². The molecule has 5 rings (SSSR count). The van der Waals surface area contributed by atoms with Crippen molar-refractivity contribution < 1.29 is 18.1 Å². The number of benzene rings is 1. The van der Waals surface area contributed by atoms with Crippen LogP contribution in [0.25, 0.3) is 0 Å². The first-order valence-electron chi connectivity index (χ1n) is 10.9. The summed E-state index contributed by atoms with van der Waals surface area (Å²) in [6, 6.07) is 6.08. The summed E-state index contributed by atoms with van der Waals surface area (Å²) in [4.78, 5) is 31.2. The molecule has 1 aromatic carbocycles. The maximum atomic E-state index is 13.7. The summed E-state index contributed by atoms with van der Waals surface area (Å²) in [5, 5.41) is 3.13. The largest absolute Gasteiger partial charge is 0.464 e. The molecular formula is C22H25FN6O3S. The van der Waals surface area contributed by atoms with Gasteiger partial charge >= 0.3 is 5.97 Å². The van der Waals surface area contributed by atoms with E-state index in [1.807, 2.05) is 4.90 Å². The molecule has 0 spiro atoms. The summed E-state index contributed by atoms with van der Waals surface area (Å²) in [7, 11) is -1.21. The fraction of sp³-hybridized carbons (Fsp3) is 0.455. The zero-order chi connectivity index (χ0) is 23.2. The molecule has 1 N–H and O–H groups in total. The molecule has 2 atom stereocenters. The number of hydrogen-bond acceptors (Lipinski definition) is 9. The van der Waals surface area contributed by atoms with Gasteiger partial charge in [-0.05, 0) is 32.0 Å². The van der Waals surface area contributed by atoms with Crippen LogP contribution < -0.4 is 10.2 Å². The molecule has 0 bridgehead atoms. The lowest BCUT2D eigenvalue weighted by Crippen LogP contribution is -2.50. The molecule has 2 unspecified atom stereocenters. The highest BCUT2D eigenvalue weighted by atomic mass is 32.2. The van der Waals surface area contributed by atoms with Gasteiger partial charge in [0, 0.05) is 31.0 Å². The molecule has 174 valence electrons. The van der Waals surface area contributed by atoms with Crippen LogP contribution in [0.1, 0.15) is 19.5 Å². The van der Waals surface area contributed by atoms with Gasteiger partial charge in [-0.1, -0.05) is 6.07 Å². The van der Waals surface area contributed by atoms with Gasteiger partial charge in [0.25, 0.3) is 0 Å². The third-order valence-corrected chi connectivity index (χ3v) is 7.43. The summed E-state index contributed by atoms with van der Waals surface area (Å²) in [6.45, 7) is 6.17. The fourth-order valence-electron chi connectivity index (χ4n) is 4.37. The topological polar surface area (TPSA) is 100 Å². The van der Waals surface area contributed by atoms with Gasteiger partial charge in [0.15, 0.2) is 11.4 Å². The second-order valence-electron chi connectivity index (χ2n) is 8.45. The molecule has 3 aliphatic heterocycles. The number of aromatic nitrogens is 2. The highest BCUT2D eigenvalue weighted by Crippen LogP contribution is 2.33. The molecule has 1 fully saturated rings. The number of esters is 1. The maximum absolute atomic E-state index is 13.7. The smallest absolute Gasteiger partial charge is 0.335 e. The number of halogens is 1. The molecule has 9 nitrogen and oxygen atoms in total. The second-order valence-corrected chi connectivity index (χ2v) is 9.96. The molecule has 0 radical (unpaired) electrons. The highest BCUT2D eigenvalue weighted by molar-refractivity contribution is 7.85. The number of nitrogens with zero attached hydrogens (tertiary/aromatic N) is 5. The summed E-state index contributed by atoms with van der Waals surface area (Å²) in [5.41, 5.74) is 0.353. The first kappa shape index (κ1) is 21.7. The van der Waals surface area contributed by atoms with Crippen LogP contribution in [0.4, 0.5) is 21.8 Å². The van der Waals surface area contributed by atoms with Gasteiger partial charge < -0.3 is 19.9 Å². The van der Waals surface area contributed by atoms with Crippen LogP contribution in [0.3, 0.4) is 0 Å². The van der Waals surface area contributed by atoms with Gasteiger partial charge in [-0.2, -0.15) is 4.98 Å². The van der Waals surface area contributed by atoms with E-state index < -0.39 is 16.3 Å². The van der Waals surface area contributed by atoms with E-state index in [0.29, 0.717) is 67.3 Å². The first-order chi connectivity index (χ1) is 15.9. The van der Waals surface area contributed by atoms with E-state index in [0.717, 1.165) is 11.5 Å². The number of carbonyl (C=O) groups is 1. The number of nitrogens with one attached hydrogen (secondary N) is 1. The van der Waals surface area contributed by atoms with E-state index >= 15 is 0 Å². The summed E-state index contributed by atoms with van der Waals surface area (Å²) in [5.74, 6) is 1.53. The number of piperazine rings is 1. The van der Waals surface area contributed by atoms with Gasteiger partial charge in [-0.3, -0.25) is 9.20 Å². The number of aliphatic imine (C=N–C) groups is 1. The Morgan fingerprint density at radius 2 is 2.12 bits per heavy atom. The standard InChI is InChI=1S/C22H25FN6O3S/c1-3-32-20(30)22(2)13-29-9-8-28(12-17(29)27-22)21-25-16-7-10-33(31)18(16)19(26-21)24-15-6-4-5-14(23)11-15/h4-6,11H,3,7-10,12-13H2,1-2H3,(H,24,25,26). The van der Waals surface area contributed by atoms with Crippen LogP contribution in [0.2, 0.25) is 0 Å². The van der Waals surface area contributed by atoms with Crippen molar-refractivity contribution in [2.24, 2.45) is 4.99 Å². The Bertz CT molecular complexity index is 1170. The minimum atomic E-state index is -1.21. The number of rotatable bonds is 5. The van der Waals surface area contributed by atoms with Crippen molar-refractivity contribution in [1.29, 1.82) is 0 Å². The Morgan fingerprint density at radius 3 is 2.91 bits per heavy atom. The molecule has 2 aromatic rings. The van der Waals surface area contributed by atoms with Gasteiger partial charge in [-0.25, -0.2) is 14.2 Å². The number of fused-ring (bicyclic) bond motifs is 2. The number of amidine groups is 1. The Hall–Kier alpha value is -3.08. The summed E-state index contributed by atoms with van der Waals surface area (Å²) >= 11 is 0. The maximum Gasteiger partial charge on any atom is 0.335 e. The molecule has 33 heavy (non-hydrogen) atoms. The minimum absolute atomic E-state index is 0.316. The van der Waals surface area contributed by atoms with Gasteiger partial charge in [-0.15, -0.1) is 0 Å². The van der Waals surface area contributed by atoms with Crippen LogP contribution in [0.5, 0.6) is 0 Å². The lowest BCUT2D eigenvalue weighted by atomic mass is 10.1. The van der Waals surface area contributed by atoms with Gasteiger partial charge in [0.2, 0.25) is 5.95 Å². The molecule has 0 amide bonds. The predicted octanol–water partition coefficient (Wildman–Crippen LogP) is 1.88. The number of carbonyl (C=O) groups excluding carboxylic acids is 1. The minimum Gasteiger partial charge on any atom is -0.464 e. The number of anilines is 3. The molecule has 4 heterocycles. The molecule has 3 aliphatic rings. The normalized spacial score (nSPS) is 23.7. The molecule has 1 aromatic heterocycles. The van der Waals surface area contributed by atoms with Crippen LogP contribution in [0, 0.1) is 5.82 Å². The molecular weight excluding hydrogens is 447 g/mol. The summed E-state index contributed by atoms with van der Waals surface area (Å²) < 4.78 is 31.5. The van der Waals surface area contributed by atoms with Crippen LogP contribution in [-0.4, -0.2) is 75.0 Å². The molecule has 11 heteroatoms. The fourth-order valence-corrected chi connectivity index (χ4v) is 5.67. The Morgan fingerprint density at radius 1 is 1.30 bits per heavy atom. The van der Waals surface area contributed by atoms with Crippen molar-refractivity contribution in [2.45, 2.75) is 30.7 Å². The van der Waals surface area contributed by atoms with Crippen LogP contribution in [0.15, 0.2) is 34.2 Å². The third-order valence-electron chi connectivity index (χ3n) is 5.97.